The van der Waals surface area contributed by atoms with Crippen LogP contribution in [0.4, 0.5) is 22.7 Å². The Balaban J connectivity index is 0.00000397. The maximum absolute atomic E-state index is 4.69. The van der Waals surface area contributed by atoms with Crippen LogP contribution in [-0.4, -0.2) is 14.5 Å². The van der Waals surface area contributed by atoms with Gasteiger partial charge in [0, 0.05) is 56.0 Å². The van der Waals surface area contributed by atoms with Gasteiger partial charge in [0.25, 0.3) is 0 Å². The first kappa shape index (κ1) is 34.2. The molecule has 0 N–H and O–H groups in total. The van der Waals surface area contributed by atoms with E-state index < -0.39 is 0 Å². The van der Waals surface area contributed by atoms with Crippen molar-refractivity contribution >= 4 is 55.7 Å². The second kappa shape index (κ2) is 14.7. The van der Waals surface area contributed by atoms with Gasteiger partial charge in [-0.1, -0.05) is 120 Å². The molecular weight excluding hydrogens is 854 g/mol. The quantitative estimate of drug-likeness (QED) is 0.118. The average Bonchev–Trinajstić information content (AvgIpc) is 3.80. The van der Waals surface area contributed by atoms with Crippen LogP contribution in [0.3, 0.4) is 0 Å². The Labute approximate surface area is 334 Å². The van der Waals surface area contributed by atoms with Gasteiger partial charge in [0.05, 0.1) is 0 Å². The molecule has 0 atom stereocenters. The van der Waals surface area contributed by atoms with E-state index in [0.717, 1.165) is 78.0 Å². The molecule has 1 aliphatic rings. The van der Waals surface area contributed by atoms with Crippen molar-refractivity contribution in [3.8, 4) is 5.95 Å². The average molecular weight is 886 g/mol. The summed E-state index contributed by atoms with van der Waals surface area (Å²) < 4.78 is 2.12. The molecule has 9 aromatic rings. The largest absolute Gasteiger partial charge is 0.488 e. The molecule has 7 aromatic carbocycles. The van der Waals surface area contributed by atoms with Crippen molar-refractivity contribution in [2.45, 2.75) is 0 Å². The predicted molar refractivity (Wildman–Crippen MR) is 220 cm³/mol. The summed E-state index contributed by atoms with van der Waals surface area (Å²) in [5.74, 6) is 0.605. The summed E-state index contributed by atoms with van der Waals surface area (Å²) in [6.07, 6.45) is 3.57. The fourth-order valence-corrected chi connectivity index (χ4v) is 7.57. The number of anilines is 4. The summed E-state index contributed by atoms with van der Waals surface area (Å²) in [4.78, 5) is 13.8. The zero-order valence-corrected chi connectivity index (χ0v) is 31.8. The van der Waals surface area contributed by atoms with Crippen molar-refractivity contribution in [3.63, 3.8) is 0 Å². The van der Waals surface area contributed by atoms with Gasteiger partial charge in [-0.05, 0) is 64.0 Å². The van der Waals surface area contributed by atoms with Crippen LogP contribution < -0.4 is 9.80 Å². The first-order valence-corrected chi connectivity index (χ1v) is 18.0. The van der Waals surface area contributed by atoms with Gasteiger partial charge in [0.2, 0.25) is 5.95 Å². The molecule has 0 amide bonds. The van der Waals surface area contributed by atoms with Crippen LogP contribution in [0, 0.1) is 18.8 Å². The molecule has 1 aliphatic heterocycles. The topological polar surface area (TPSA) is 37.2 Å². The summed E-state index contributed by atoms with van der Waals surface area (Å²) in [6, 6.07) is 69.1. The van der Waals surface area contributed by atoms with Gasteiger partial charge in [-0.3, -0.25) is 4.57 Å². The maximum Gasteiger partial charge on any atom is 0.233 e. The van der Waals surface area contributed by atoms with Crippen LogP contribution in [0.5, 0.6) is 0 Å². The van der Waals surface area contributed by atoms with Crippen molar-refractivity contribution in [3.05, 3.63) is 229 Å². The number of nitrogens with zero attached hydrogens (tertiary/aromatic N) is 5. The van der Waals surface area contributed by atoms with Gasteiger partial charge >= 0.3 is 0 Å². The monoisotopic (exact) mass is 885 g/mol. The molecule has 55 heavy (non-hydrogen) atoms. The zero-order valence-electron chi connectivity index (χ0n) is 29.5. The summed E-state index contributed by atoms with van der Waals surface area (Å²) in [5, 5.41) is 2.21. The third-order valence-corrected chi connectivity index (χ3v) is 9.95. The molecule has 0 radical (unpaired) electrons. The van der Waals surface area contributed by atoms with Crippen molar-refractivity contribution in [1.82, 2.24) is 14.5 Å². The van der Waals surface area contributed by atoms with Crippen molar-refractivity contribution < 1.29 is 21.1 Å². The molecule has 0 saturated carbocycles. The van der Waals surface area contributed by atoms with Crippen LogP contribution in [-0.2, 0) is 21.1 Å². The van der Waals surface area contributed by atoms with E-state index in [9.17, 15) is 0 Å². The molecule has 0 unspecified atom stereocenters. The first-order chi connectivity index (χ1) is 26.8. The van der Waals surface area contributed by atoms with Crippen LogP contribution in [0.1, 0.15) is 22.3 Å². The minimum Gasteiger partial charge on any atom is -0.488 e. The Kier molecular flexibility index (Phi) is 9.15. The standard InChI is InChI=1S/C49H32N5.Pt/c1-4-16-35(17-5-1)47(36-18-6-2-7-19-36)48(38-28-29-42-41-24-10-11-25-43(41)54(46(42)33-38)49-50-30-15-31-51-49)37-20-14-23-40(32-37)53-34-52(39-21-8-3-9-22-39)44-26-12-13-27-45(44)53;/h1-31,34H;/q-3;. The van der Waals surface area contributed by atoms with Gasteiger partial charge in [0.15, 0.2) is 0 Å². The third kappa shape index (κ3) is 6.13. The molecule has 2 aromatic heterocycles. The molecule has 5 nitrogen and oxygen atoms in total. The van der Waals surface area contributed by atoms with E-state index in [1.807, 2.05) is 12.1 Å². The molecule has 0 spiro atoms. The summed E-state index contributed by atoms with van der Waals surface area (Å²) >= 11 is 0. The second-order valence-corrected chi connectivity index (χ2v) is 13.1. The Hall–Kier alpha value is -6.55. The van der Waals surface area contributed by atoms with Crippen molar-refractivity contribution in [2.24, 2.45) is 0 Å². The molecule has 6 heteroatoms. The molecule has 0 bridgehead atoms. The van der Waals surface area contributed by atoms with Gasteiger partial charge in [-0.25, -0.2) is 9.97 Å². The molecule has 10 rings (SSSR count). The minimum absolute atomic E-state index is 0. The molecule has 0 fully saturated rings. The second-order valence-electron chi connectivity index (χ2n) is 13.1. The summed E-state index contributed by atoms with van der Waals surface area (Å²) in [7, 11) is 0. The Morgan fingerprint density at radius 2 is 1.07 bits per heavy atom. The Morgan fingerprint density at radius 3 is 1.78 bits per heavy atom. The number of benzene rings is 7. The van der Waals surface area contributed by atoms with E-state index in [1.165, 1.54) is 0 Å². The zero-order chi connectivity index (χ0) is 35.8. The number of aromatic nitrogens is 3. The smallest absolute Gasteiger partial charge is 0.233 e. The van der Waals surface area contributed by atoms with Gasteiger partial charge < -0.3 is 9.80 Å². The third-order valence-electron chi connectivity index (χ3n) is 9.95. The van der Waals surface area contributed by atoms with E-state index in [4.69, 9.17) is 0 Å². The normalized spacial score (nSPS) is 12.1. The summed E-state index contributed by atoms with van der Waals surface area (Å²) in [5.41, 5.74) is 12.4. The van der Waals surface area contributed by atoms with E-state index in [-0.39, 0.29) is 21.1 Å². The van der Waals surface area contributed by atoms with Gasteiger partial charge in [0.1, 0.15) is 0 Å². The Morgan fingerprint density at radius 1 is 0.473 bits per heavy atom. The van der Waals surface area contributed by atoms with Crippen LogP contribution in [0.15, 0.2) is 188 Å². The number of rotatable bonds is 7. The maximum atomic E-state index is 4.69. The fourth-order valence-electron chi connectivity index (χ4n) is 7.57. The van der Waals surface area contributed by atoms with E-state index >= 15 is 0 Å². The Bertz CT molecular complexity index is 2760. The van der Waals surface area contributed by atoms with Crippen LogP contribution >= 0.6 is 0 Å². The van der Waals surface area contributed by atoms with Crippen LogP contribution in [0.2, 0.25) is 0 Å². The van der Waals surface area contributed by atoms with E-state index in [2.05, 4.69) is 207 Å². The molecule has 266 valence electrons. The SMILES string of the molecule is [Pt].[c-]1c(C(=C(c2ccccc2)c2ccccc2)c2[c-]c3c(cc2)c2ccccc2n3-c2ncccn2)cccc1N1[CH-]N(c2ccccc2)c2ccccc21. The van der Waals surface area contributed by atoms with Crippen LogP contribution in [0.25, 0.3) is 38.9 Å². The molecule has 3 heterocycles. The van der Waals surface area contributed by atoms with Crippen molar-refractivity contribution in [2.75, 3.05) is 9.80 Å². The van der Waals surface area contributed by atoms with Gasteiger partial charge in [-0.15, -0.1) is 65.8 Å². The minimum atomic E-state index is 0. The molecule has 0 aliphatic carbocycles. The first-order valence-electron chi connectivity index (χ1n) is 18.0. The number of hydrogen-bond acceptors (Lipinski definition) is 4. The van der Waals surface area contributed by atoms with Gasteiger partial charge in [-0.2, -0.15) is 0 Å². The van der Waals surface area contributed by atoms with Crippen molar-refractivity contribution in [1.29, 1.82) is 0 Å². The summed E-state index contributed by atoms with van der Waals surface area (Å²) in [6.45, 7) is 2.16. The molecular formula is C49H32N5Pt-3. The number of hydrogen-bond donors (Lipinski definition) is 0. The fraction of sp³-hybridized carbons (Fsp3) is 0. The number of para-hydroxylation sites is 4. The predicted octanol–water partition coefficient (Wildman–Crippen LogP) is 11.6. The molecule has 0 saturated heterocycles. The van der Waals surface area contributed by atoms with E-state index in [0.29, 0.717) is 5.95 Å². The van der Waals surface area contributed by atoms with E-state index in [1.54, 1.807) is 12.4 Å². The number of fused-ring (bicyclic) bond motifs is 4.